The van der Waals surface area contributed by atoms with Gasteiger partial charge in [0.2, 0.25) is 6.79 Å². The van der Waals surface area contributed by atoms with Crippen molar-refractivity contribution in [1.29, 1.82) is 0 Å². The minimum atomic E-state index is -0.378. The topological polar surface area (TPSA) is 76.2 Å². The first-order valence-electron chi connectivity index (χ1n) is 8.11. The molecule has 27 heavy (non-hydrogen) atoms. The molecule has 0 unspecified atom stereocenters. The summed E-state index contributed by atoms with van der Waals surface area (Å²) in [6.07, 6.45) is 0. The maximum Gasteiger partial charge on any atom is 0.273 e. The first-order valence-corrected chi connectivity index (χ1v) is 8.99. The maximum atomic E-state index is 13.8. The molecule has 3 heterocycles. The van der Waals surface area contributed by atoms with Crippen LogP contribution in [-0.4, -0.2) is 22.7 Å². The van der Waals surface area contributed by atoms with Crippen molar-refractivity contribution >= 4 is 33.3 Å². The number of hydrogen-bond donors (Lipinski definition) is 2. The smallest absolute Gasteiger partial charge is 0.273 e. The Morgan fingerprint density at radius 2 is 2.07 bits per heavy atom. The molecule has 0 saturated carbocycles. The summed E-state index contributed by atoms with van der Waals surface area (Å²) >= 11 is 1.31. The lowest BCUT2D eigenvalue weighted by atomic mass is 10.1. The van der Waals surface area contributed by atoms with Gasteiger partial charge in [-0.25, -0.2) is 9.37 Å². The molecule has 0 fully saturated rings. The third-order valence-electron chi connectivity index (χ3n) is 4.25. The number of benzene rings is 2. The second-order valence-electron chi connectivity index (χ2n) is 5.94. The summed E-state index contributed by atoms with van der Waals surface area (Å²) in [6.45, 7) is 0.211. The molecule has 2 aromatic carbocycles. The SMILES string of the molecule is O=C(Nc1nc(-c2ccc3c(c2)OCO3)cs1)c1cc2c(F)cccc2[nH]1. The quantitative estimate of drug-likeness (QED) is 0.551. The summed E-state index contributed by atoms with van der Waals surface area (Å²) in [5.74, 6) is 0.624. The number of ether oxygens (including phenoxy) is 2. The highest BCUT2D eigenvalue weighted by molar-refractivity contribution is 7.14. The Morgan fingerprint density at radius 3 is 2.96 bits per heavy atom. The normalized spacial score (nSPS) is 12.5. The summed E-state index contributed by atoms with van der Waals surface area (Å²) in [5.41, 5.74) is 2.43. The number of thiazole rings is 1. The van der Waals surface area contributed by atoms with Crippen molar-refractivity contribution < 1.29 is 18.7 Å². The molecule has 2 N–H and O–H groups in total. The maximum absolute atomic E-state index is 13.8. The van der Waals surface area contributed by atoms with E-state index in [9.17, 15) is 9.18 Å². The number of amides is 1. The van der Waals surface area contributed by atoms with Crippen LogP contribution in [0.25, 0.3) is 22.2 Å². The standard InChI is InChI=1S/C19H12FN3O3S/c20-12-2-1-3-13-11(12)7-14(21-13)18(24)23-19-22-15(8-27-19)10-4-5-16-17(6-10)26-9-25-16/h1-8,21H,9H2,(H,22,23,24). The molecule has 2 aromatic heterocycles. The van der Waals surface area contributed by atoms with Crippen molar-refractivity contribution in [2.75, 3.05) is 12.1 Å². The molecule has 0 aliphatic carbocycles. The number of nitrogens with one attached hydrogen (secondary N) is 2. The van der Waals surface area contributed by atoms with Crippen molar-refractivity contribution in [2.24, 2.45) is 0 Å². The number of halogens is 1. The van der Waals surface area contributed by atoms with E-state index in [4.69, 9.17) is 9.47 Å². The fourth-order valence-corrected chi connectivity index (χ4v) is 3.64. The Hall–Kier alpha value is -3.39. The summed E-state index contributed by atoms with van der Waals surface area (Å²) in [4.78, 5) is 19.8. The van der Waals surface area contributed by atoms with Crippen LogP contribution in [0, 0.1) is 5.82 Å². The van der Waals surface area contributed by atoms with Crippen molar-refractivity contribution in [1.82, 2.24) is 9.97 Å². The Balaban J connectivity index is 1.38. The number of hydrogen-bond acceptors (Lipinski definition) is 5. The first-order chi connectivity index (χ1) is 13.2. The van der Waals surface area contributed by atoms with E-state index in [1.165, 1.54) is 23.5 Å². The van der Waals surface area contributed by atoms with Crippen LogP contribution >= 0.6 is 11.3 Å². The molecule has 0 saturated heterocycles. The van der Waals surface area contributed by atoms with Gasteiger partial charge in [0, 0.05) is 21.8 Å². The molecule has 1 amide bonds. The summed E-state index contributed by atoms with van der Waals surface area (Å²) in [5, 5.41) is 5.41. The van der Waals surface area contributed by atoms with Crippen LogP contribution in [0.3, 0.4) is 0 Å². The number of anilines is 1. The van der Waals surface area contributed by atoms with Gasteiger partial charge in [0.1, 0.15) is 11.5 Å². The van der Waals surface area contributed by atoms with Crippen molar-refractivity contribution in [3.63, 3.8) is 0 Å². The molecular formula is C19H12FN3O3S. The number of carbonyl (C=O) groups is 1. The van der Waals surface area contributed by atoms with E-state index < -0.39 is 0 Å². The van der Waals surface area contributed by atoms with Gasteiger partial charge in [-0.3, -0.25) is 10.1 Å². The lowest BCUT2D eigenvalue weighted by Gasteiger charge is -2.00. The first kappa shape index (κ1) is 15.8. The van der Waals surface area contributed by atoms with Gasteiger partial charge in [0.05, 0.1) is 5.69 Å². The van der Waals surface area contributed by atoms with Gasteiger partial charge in [-0.15, -0.1) is 11.3 Å². The summed E-state index contributed by atoms with van der Waals surface area (Å²) < 4.78 is 24.5. The molecule has 0 spiro atoms. The molecule has 6 nitrogen and oxygen atoms in total. The van der Waals surface area contributed by atoms with Gasteiger partial charge in [0.15, 0.2) is 16.6 Å². The van der Waals surface area contributed by atoms with E-state index in [1.54, 1.807) is 12.1 Å². The van der Waals surface area contributed by atoms with Gasteiger partial charge < -0.3 is 14.5 Å². The predicted octanol–water partition coefficient (Wildman–Crippen LogP) is 4.41. The Labute approximate surface area is 156 Å². The average Bonchev–Trinajstić information content (AvgIpc) is 3.40. The zero-order chi connectivity index (χ0) is 18.4. The average molecular weight is 381 g/mol. The van der Waals surface area contributed by atoms with E-state index in [0.29, 0.717) is 27.5 Å². The Bertz CT molecular complexity index is 1180. The third kappa shape index (κ3) is 2.80. The van der Waals surface area contributed by atoms with Crippen LogP contribution in [0.2, 0.25) is 0 Å². The van der Waals surface area contributed by atoms with Crippen LogP contribution in [-0.2, 0) is 0 Å². The highest BCUT2D eigenvalue weighted by Gasteiger charge is 2.17. The number of H-pyrrole nitrogens is 1. The van der Waals surface area contributed by atoms with Gasteiger partial charge >= 0.3 is 0 Å². The Kier molecular flexibility index (Phi) is 3.58. The van der Waals surface area contributed by atoms with Crippen molar-refractivity contribution in [2.45, 2.75) is 0 Å². The van der Waals surface area contributed by atoms with Crippen molar-refractivity contribution in [3.05, 3.63) is 59.4 Å². The molecule has 1 aliphatic heterocycles. The zero-order valence-electron chi connectivity index (χ0n) is 13.8. The lowest BCUT2D eigenvalue weighted by molar-refractivity contribution is 0.102. The number of aromatic nitrogens is 2. The van der Waals surface area contributed by atoms with Gasteiger partial charge in [-0.05, 0) is 36.4 Å². The predicted molar refractivity (Wildman–Crippen MR) is 99.9 cm³/mol. The van der Waals surface area contributed by atoms with Crippen molar-refractivity contribution in [3.8, 4) is 22.8 Å². The van der Waals surface area contributed by atoms with Gasteiger partial charge in [-0.2, -0.15) is 0 Å². The van der Waals surface area contributed by atoms with Crippen LogP contribution in [0.4, 0.5) is 9.52 Å². The van der Waals surface area contributed by atoms with Crippen LogP contribution < -0.4 is 14.8 Å². The molecule has 1 aliphatic rings. The number of aromatic amines is 1. The van der Waals surface area contributed by atoms with E-state index in [0.717, 1.165) is 11.3 Å². The minimum absolute atomic E-state index is 0.211. The fourth-order valence-electron chi connectivity index (χ4n) is 2.92. The van der Waals surface area contributed by atoms with Gasteiger partial charge in [0.25, 0.3) is 5.91 Å². The molecule has 0 atom stereocenters. The number of carbonyl (C=O) groups excluding carboxylic acids is 1. The van der Waals surface area contributed by atoms with Gasteiger partial charge in [-0.1, -0.05) is 6.07 Å². The fraction of sp³-hybridized carbons (Fsp3) is 0.0526. The monoisotopic (exact) mass is 381 g/mol. The van der Waals surface area contributed by atoms with Crippen LogP contribution in [0.1, 0.15) is 10.5 Å². The number of nitrogens with zero attached hydrogens (tertiary/aromatic N) is 1. The lowest BCUT2D eigenvalue weighted by Crippen LogP contribution is -2.11. The highest BCUT2D eigenvalue weighted by Crippen LogP contribution is 2.36. The van der Waals surface area contributed by atoms with Crippen LogP contribution in [0.5, 0.6) is 11.5 Å². The molecule has 0 radical (unpaired) electrons. The van der Waals surface area contributed by atoms with E-state index in [1.807, 2.05) is 23.6 Å². The molecule has 8 heteroatoms. The van der Waals surface area contributed by atoms with E-state index in [-0.39, 0.29) is 24.2 Å². The largest absolute Gasteiger partial charge is 0.454 e. The number of fused-ring (bicyclic) bond motifs is 2. The second-order valence-corrected chi connectivity index (χ2v) is 6.80. The summed E-state index contributed by atoms with van der Waals surface area (Å²) in [6, 6.07) is 11.7. The minimum Gasteiger partial charge on any atom is -0.454 e. The third-order valence-corrected chi connectivity index (χ3v) is 5.01. The molecule has 0 bridgehead atoms. The van der Waals surface area contributed by atoms with Crippen LogP contribution in [0.15, 0.2) is 47.8 Å². The number of rotatable bonds is 3. The summed E-state index contributed by atoms with van der Waals surface area (Å²) in [7, 11) is 0. The molecule has 4 aromatic rings. The molecular weight excluding hydrogens is 369 g/mol. The highest BCUT2D eigenvalue weighted by atomic mass is 32.1. The zero-order valence-corrected chi connectivity index (χ0v) is 14.6. The second kappa shape index (κ2) is 6.10. The van der Waals surface area contributed by atoms with E-state index >= 15 is 0 Å². The van der Waals surface area contributed by atoms with E-state index in [2.05, 4.69) is 15.3 Å². The molecule has 134 valence electrons. The Morgan fingerprint density at radius 1 is 1.19 bits per heavy atom. The molecule has 5 rings (SSSR count).